The molecule has 0 aromatic heterocycles. The van der Waals surface area contributed by atoms with Gasteiger partial charge in [-0.1, -0.05) is 86.0 Å². The zero-order chi connectivity index (χ0) is 29.3. The topological polar surface area (TPSA) is 86.8 Å². The van der Waals surface area contributed by atoms with Crippen LogP contribution in [0.5, 0.6) is 0 Å². The molecule has 0 radical (unpaired) electrons. The van der Waals surface area contributed by atoms with Crippen molar-refractivity contribution < 1.29 is 18.0 Å². The smallest absolute Gasteiger partial charge is 0.264 e. The fourth-order valence-electron chi connectivity index (χ4n) is 4.42. The maximum absolute atomic E-state index is 14.1. The molecule has 0 spiro atoms. The summed E-state index contributed by atoms with van der Waals surface area (Å²) in [5, 5.41) is 3.32. The van der Waals surface area contributed by atoms with Crippen LogP contribution in [-0.4, -0.2) is 44.3 Å². The number of carbonyl (C=O) groups is 2. The van der Waals surface area contributed by atoms with E-state index in [9.17, 15) is 18.0 Å². The fourth-order valence-corrected chi connectivity index (χ4v) is 6.06. The molecule has 1 N–H and O–H groups in total. The highest BCUT2D eigenvalue weighted by Crippen LogP contribution is 2.31. The van der Waals surface area contributed by atoms with Gasteiger partial charge in [0.1, 0.15) is 12.6 Å². The van der Waals surface area contributed by atoms with Crippen LogP contribution in [-0.2, 0) is 26.2 Å². The molecule has 1 atom stereocenters. The first-order valence-corrected chi connectivity index (χ1v) is 15.4. The number of halogens is 1. The van der Waals surface area contributed by atoms with Gasteiger partial charge in [0.15, 0.2) is 0 Å². The summed E-state index contributed by atoms with van der Waals surface area (Å²) in [6.07, 6.45) is 2.12. The number of anilines is 1. The van der Waals surface area contributed by atoms with E-state index in [2.05, 4.69) is 5.32 Å². The molecule has 3 rings (SSSR count). The summed E-state index contributed by atoms with van der Waals surface area (Å²) in [5.74, 6) is -0.747. The number of carbonyl (C=O) groups excluding carboxylic acids is 2. The molecule has 0 bridgehead atoms. The maximum atomic E-state index is 14.1. The molecular weight excluding hydrogens is 546 g/mol. The second-order valence-electron chi connectivity index (χ2n) is 9.78. The van der Waals surface area contributed by atoms with E-state index in [4.69, 9.17) is 11.6 Å². The van der Waals surface area contributed by atoms with E-state index < -0.39 is 28.5 Å². The monoisotopic (exact) mass is 583 g/mol. The lowest BCUT2D eigenvalue weighted by molar-refractivity contribution is -0.140. The highest BCUT2D eigenvalue weighted by Gasteiger charge is 2.34. The lowest BCUT2D eigenvalue weighted by Crippen LogP contribution is -2.52. The van der Waals surface area contributed by atoms with Gasteiger partial charge in [-0.2, -0.15) is 0 Å². The van der Waals surface area contributed by atoms with Crippen LogP contribution >= 0.6 is 11.6 Å². The van der Waals surface area contributed by atoms with Gasteiger partial charge in [0, 0.05) is 18.1 Å². The second kappa shape index (κ2) is 14.3. The number of nitrogens with one attached hydrogen (secondary N) is 1. The number of unbranched alkanes of at least 4 members (excludes halogenated alkanes) is 1. The van der Waals surface area contributed by atoms with Gasteiger partial charge >= 0.3 is 0 Å². The minimum Gasteiger partial charge on any atom is -0.354 e. The molecule has 0 aliphatic rings. The van der Waals surface area contributed by atoms with Gasteiger partial charge in [0.2, 0.25) is 11.8 Å². The summed E-state index contributed by atoms with van der Waals surface area (Å²) in [6.45, 7) is 7.64. The Balaban J connectivity index is 2.06. The zero-order valence-corrected chi connectivity index (χ0v) is 25.1. The quantitative estimate of drug-likeness (QED) is 0.255. The predicted octanol–water partition coefficient (Wildman–Crippen LogP) is 5.88. The Hall–Kier alpha value is -3.36. The van der Waals surface area contributed by atoms with Crippen LogP contribution in [0.2, 0.25) is 5.02 Å². The van der Waals surface area contributed by atoms with Crippen LogP contribution in [0.15, 0.2) is 77.7 Å². The number of nitrogens with zero attached hydrogens (tertiary/aromatic N) is 2. The minimum atomic E-state index is -4.16. The zero-order valence-electron chi connectivity index (χ0n) is 23.6. The molecular formula is C31H38ClN3O4S. The van der Waals surface area contributed by atoms with E-state index in [1.807, 2.05) is 51.1 Å². The third-order valence-corrected chi connectivity index (χ3v) is 8.99. The first-order valence-electron chi connectivity index (χ1n) is 13.6. The van der Waals surface area contributed by atoms with E-state index >= 15 is 0 Å². The molecule has 9 heteroatoms. The Labute approximate surface area is 243 Å². The fraction of sp³-hybridized carbons (Fsp3) is 0.355. The average molecular weight is 584 g/mol. The summed E-state index contributed by atoms with van der Waals surface area (Å²) in [4.78, 5) is 28.9. The minimum absolute atomic E-state index is 0.0595. The van der Waals surface area contributed by atoms with Gasteiger partial charge < -0.3 is 10.2 Å². The van der Waals surface area contributed by atoms with Crippen molar-refractivity contribution in [1.29, 1.82) is 0 Å². The highest BCUT2D eigenvalue weighted by atomic mass is 35.5. The molecule has 0 unspecified atom stereocenters. The average Bonchev–Trinajstić information content (AvgIpc) is 2.94. The third-order valence-electron chi connectivity index (χ3n) is 6.81. The molecule has 0 saturated carbocycles. The molecule has 3 aromatic carbocycles. The third kappa shape index (κ3) is 7.64. The molecule has 0 aliphatic carbocycles. The Kier molecular flexibility index (Phi) is 11.2. The van der Waals surface area contributed by atoms with E-state index in [-0.39, 0.29) is 17.3 Å². The summed E-state index contributed by atoms with van der Waals surface area (Å²) in [7, 11) is -4.16. The van der Waals surface area contributed by atoms with Crippen LogP contribution in [0.25, 0.3) is 0 Å². The van der Waals surface area contributed by atoms with Crippen molar-refractivity contribution in [3.8, 4) is 0 Å². The van der Waals surface area contributed by atoms with Crippen LogP contribution < -0.4 is 9.62 Å². The predicted molar refractivity (Wildman–Crippen MR) is 161 cm³/mol. The van der Waals surface area contributed by atoms with Gasteiger partial charge in [-0.3, -0.25) is 13.9 Å². The highest BCUT2D eigenvalue weighted by molar-refractivity contribution is 7.92. The molecule has 214 valence electrons. The summed E-state index contributed by atoms with van der Waals surface area (Å²) >= 11 is 6.39. The molecule has 40 heavy (non-hydrogen) atoms. The summed E-state index contributed by atoms with van der Waals surface area (Å²) in [6, 6.07) is 20.0. The van der Waals surface area contributed by atoms with Crippen LogP contribution in [0.3, 0.4) is 0 Å². The van der Waals surface area contributed by atoms with Crippen LogP contribution in [0.1, 0.15) is 49.8 Å². The standard InChI is InChI=1S/C31H38ClN3O4S/c1-5-7-20-33-31(37)28(6-2)34(21-25-12-9-8-10-13-25)30(36)22-35(29-15-11-14-27(32)24(29)4)40(38,39)26-18-16-23(3)17-19-26/h8-19,28H,5-7,20-22H2,1-4H3,(H,33,37)/t28-/m1/s1. The molecule has 0 heterocycles. The summed E-state index contributed by atoms with van der Waals surface area (Å²) < 4.78 is 29.1. The Morgan fingerprint density at radius 3 is 2.23 bits per heavy atom. The Morgan fingerprint density at radius 2 is 1.60 bits per heavy atom. The number of amides is 2. The first kappa shape index (κ1) is 31.2. The Morgan fingerprint density at radius 1 is 0.925 bits per heavy atom. The van der Waals surface area contributed by atoms with E-state index in [1.165, 1.54) is 17.0 Å². The van der Waals surface area contributed by atoms with Gasteiger partial charge in [0.05, 0.1) is 10.6 Å². The molecule has 3 aromatic rings. The van der Waals surface area contributed by atoms with Gasteiger partial charge in [0.25, 0.3) is 10.0 Å². The lowest BCUT2D eigenvalue weighted by atomic mass is 10.1. The van der Waals surface area contributed by atoms with Crippen LogP contribution in [0, 0.1) is 13.8 Å². The second-order valence-corrected chi connectivity index (χ2v) is 12.1. The number of hydrogen-bond acceptors (Lipinski definition) is 4. The van der Waals surface area contributed by atoms with Crippen molar-refractivity contribution in [2.45, 2.75) is 64.4 Å². The summed E-state index contributed by atoms with van der Waals surface area (Å²) in [5.41, 5.74) is 2.59. The van der Waals surface area contributed by atoms with E-state index in [0.717, 1.165) is 28.3 Å². The molecule has 7 nitrogen and oxygen atoms in total. The van der Waals surface area contributed by atoms with Gasteiger partial charge in [-0.15, -0.1) is 0 Å². The molecule has 2 amide bonds. The van der Waals surface area contributed by atoms with Crippen molar-refractivity contribution in [3.05, 3.63) is 94.5 Å². The SMILES string of the molecule is CCCCNC(=O)[C@@H](CC)N(Cc1ccccc1)C(=O)CN(c1cccc(Cl)c1C)S(=O)(=O)c1ccc(C)cc1. The number of rotatable bonds is 13. The number of hydrogen-bond donors (Lipinski definition) is 1. The van der Waals surface area contributed by atoms with Gasteiger partial charge in [-0.05, 0) is 62.1 Å². The van der Waals surface area contributed by atoms with E-state index in [0.29, 0.717) is 29.2 Å². The van der Waals surface area contributed by atoms with Crippen molar-refractivity contribution in [1.82, 2.24) is 10.2 Å². The van der Waals surface area contributed by atoms with E-state index in [1.54, 1.807) is 37.3 Å². The lowest BCUT2D eigenvalue weighted by Gasteiger charge is -2.33. The molecule has 0 aliphatic heterocycles. The van der Waals surface area contributed by atoms with Crippen LogP contribution in [0.4, 0.5) is 5.69 Å². The van der Waals surface area contributed by atoms with Gasteiger partial charge in [-0.25, -0.2) is 8.42 Å². The Bertz CT molecular complexity index is 1400. The number of benzene rings is 3. The van der Waals surface area contributed by atoms with Crippen molar-refractivity contribution in [2.24, 2.45) is 0 Å². The normalized spacial score (nSPS) is 12.0. The number of sulfonamides is 1. The first-order chi connectivity index (χ1) is 19.1. The largest absolute Gasteiger partial charge is 0.354 e. The molecule has 0 saturated heterocycles. The number of aryl methyl sites for hydroxylation is 1. The van der Waals surface area contributed by atoms with Crippen molar-refractivity contribution in [2.75, 3.05) is 17.4 Å². The van der Waals surface area contributed by atoms with Crippen molar-refractivity contribution in [3.63, 3.8) is 0 Å². The maximum Gasteiger partial charge on any atom is 0.264 e. The molecule has 0 fully saturated rings. The van der Waals surface area contributed by atoms with Crippen molar-refractivity contribution >= 4 is 39.1 Å².